The van der Waals surface area contributed by atoms with Gasteiger partial charge in [-0.05, 0) is 89.9 Å². The number of carbonyl (C=O) groups excluding carboxylic acids is 3. The van der Waals surface area contributed by atoms with Gasteiger partial charge in [0.25, 0.3) is 0 Å². The minimum Gasteiger partial charge on any atom is -0.463 e. The minimum atomic E-state index is -4.91. The zero-order valence-corrected chi connectivity index (χ0v) is 53.4. The molecule has 0 aliphatic rings. The van der Waals surface area contributed by atoms with E-state index < -0.39 is 91.5 Å². The predicted octanol–water partition coefficient (Wildman–Crippen LogP) is 17.0. The largest absolute Gasteiger partial charge is 0.472 e. The summed E-state index contributed by atoms with van der Waals surface area (Å²) in [6, 6.07) is 0. The van der Waals surface area contributed by atoms with Crippen molar-refractivity contribution >= 4 is 33.6 Å². The minimum absolute atomic E-state index is 0.104. The normalized spacial score (nSPS) is 14.9. The van der Waals surface area contributed by atoms with E-state index in [2.05, 4.69) is 106 Å². The molecule has 0 rings (SSSR count). The van der Waals surface area contributed by atoms with E-state index in [1.54, 1.807) is 0 Å². The van der Waals surface area contributed by atoms with E-state index in [1.165, 1.54) is 38.5 Å². The number of rotatable bonds is 60. The van der Waals surface area contributed by atoms with Crippen molar-refractivity contribution in [2.75, 3.05) is 39.6 Å². The third-order valence-corrected chi connectivity index (χ3v) is 15.0. The summed E-state index contributed by atoms with van der Waals surface area (Å²) < 4.78 is 60.6. The average molecular weight is 1210 g/mol. The van der Waals surface area contributed by atoms with Crippen LogP contribution in [0.1, 0.15) is 252 Å². The van der Waals surface area contributed by atoms with E-state index in [1.807, 2.05) is 0 Å². The van der Waals surface area contributed by atoms with E-state index in [0.29, 0.717) is 19.3 Å². The van der Waals surface area contributed by atoms with Crippen LogP contribution in [0.5, 0.6) is 0 Å². The van der Waals surface area contributed by atoms with Crippen molar-refractivity contribution in [3.63, 3.8) is 0 Å². The molecule has 0 aromatic heterocycles. The van der Waals surface area contributed by atoms with Gasteiger partial charge in [0.1, 0.15) is 25.4 Å². The quantitative estimate of drug-likeness (QED) is 0.0146. The van der Waals surface area contributed by atoms with Gasteiger partial charge in [-0.1, -0.05) is 228 Å². The van der Waals surface area contributed by atoms with Crippen molar-refractivity contribution in [2.24, 2.45) is 0 Å². The van der Waals surface area contributed by atoms with Crippen molar-refractivity contribution in [1.29, 1.82) is 0 Å². The van der Waals surface area contributed by atoms with Gasteiger partial charge in [0.15, 0.2) is 6.10 Å². The average Bonchev–Trinajstić information content (AvgIpc) is 3.46. The summed E-state index contributed by atoms with van der Waals surface area (Å²) >= 11 is 0. The first-order valence-electron chi connectivity index (χ1n) is 31.9. The highest BCUT2D eigenvalue weighted by atomic mass is 31.2. The van der Waals surface area contributed by atoms with Crippen LogP contribution in [0.3, 0.4) is 0 Å². The number of hydrogen-bond donors (Lipinski definition) is 4. The zero-order chi connectivity index (χ0) is 61.0. The second-order valence-corrected chi connectivity index (χ2v) is 24.1. The molecule has 0 aliphatic carbocycles. The lowest BCUT2D eigenvalue weighted by Gasteiger charge is -2.21. The standard InChI is InChI=1S/C65H114O16P2/c1-4-7-10-13-16-19-22-24-25-26-27-28-29-30-31-32-33-35-38-39-42-45-48-51-63(68)75-54-60(66)55-77-82(71,72)78-56-61(67)57-79-83(73,74)80-59-62(81-65(70)53-50-47-44-41-36-21-18-15-12-9-6-3)58-76-64(69)52-49-46-43-40-37-34-23-20-17-14-11-8-5-2/h7,10-11,14,16,19-20,23-25,27-28,30-31,60-62,66-67H,4-6,8-9,12-13,15,17-18,21-22,26,29,32-59H2,1-3H3,(H,71,72)(H,73,74)/b10-7-,14-11-,19-16-,23-20-,25-24-,28-27-,31-30-. The van der Waals surface area contributed by atoms with Gasteiger partial charge in [0.2, 0.25) is 0 Å². The van der Waals surface area contributed by atoms with Gasteiger partial charge < -0.3 is 34.2 Å². The summed E-state index contributed by atoms with van der Waals surface area (Å²) in [6.07, 6.45) is 60.8. The molecule has 18 heteroatoms. The maximum atomic E-state index is 12.8. The number of aliphatic hydroxyl groups excluding tert-OH is 2. The fourth-order valence-corrected chi connectivity index (χ4v) is 9.81. The van der Waals surface area contributed by atoms with Crippen molar-refractivity contribution < 1.29 is 75.8 Å². The molecule has 0 bridgehead atoms. The molecular weight excluding hydrogens is 1100 g/mol. The summed E-state index contributed by atoms with van der Waals surface area (Å²) in [5, 5.41) is 20.5. The van der Waals surface area contributed by atoms with Gasteiger partial charge in [0, 0.05) is 19.3 Å². The Kier molecular flexibility index (Phi) is 56.8. The second kappa shape index (κ2) is 59.1. The predicted molar refractivity (Wildman–Crippen MR) is 334 cm³/mol. The summed E-state index contributed by atoms with van der Waals surface area (Å²) in [5.74, 6) is -1.60. The monoisotopic (exact) mass is 1210 g/mol. The van der Waals surface area contributed by atoms with E-state index in [-0.39, 0.29) is 19.3 Å². The fourth-order valence-electron chi connectivity index (χ4n) is 8.22. The lowest BCUT2D eigenvalue weighted by Crippen LogP contribution is -2.30. The van der Waals surface area contributed by atoms with E-state index in [9.17, 15) is 43.5 Å². The zero-order valence-electron chi connectivity index (χ0n) is 51.6. The molecule has 5 atom stereocenters. The van der Waals surface area contributed by atoms with Crippen LogP contribution in [0.2, 0.25) is 0 Å². The Morgan fingerprint density at radius 2 is 0.663 bits per heavy atom. The van der Waals surface area contributed by atoms with Gasteiger partial charge >= 0.3 is 33.6 Å². The van der Waals surface area contributed by atoms with Gasteiger partial charge in [-0.15, -0.1) is 0 Å². The highest BCUT2D eigenvalue weighted by Gasteiger charge is 2.29. The topological polar surface area (TPSA) is 231 Å². The molecule has 0 fully saturated rings. The number of phosphoric acid groups is 2. The van der Waals surface area contributed by atoms with Crippen LogP contribution in [-0.2, 0) is 55.8 Å². The van der Waals surface area contributed by atoms with Crippen LogP contribution in [0.25, 0.3) is 0 Å². The maximum absolute atomic E-state index is 12.8. The lowest BCUT2D eigenvalue weighted by atomic mass is 10.1. The van der Waals surface area contributed by atoms with Crippen molar-refractivity contribution in [3.05, 3.63) is 85.1 Å². The Morgan fingerprint density at radius 3 is 1.06 bits per heavy atom. The molecule has 0 aromatic carbocycles. The van der Waals surface area contributed by atoms with Crippen LogP contribution >= 0.6 is 15.6 Å². The smallest absolute Gasteiger partial charge is 0.463 e. The molecule has 0 aromatic rings. The number of carbonyl (C=O) groups is 3. The number of ether oxygens (including phenoxy) is 3. The number of hydrogen-bond acceptors (Lipinski definition) is 14. The molecule has 0 amide bonds. The molecule has 0 saturated carbocycles. The number of esters is 3. The number of phosphoric ester groups is 2. The van der Waals surface area contributed by atoms with Gasteiger partial charge in [0.05, 0.1) is 26.4 Å². The van der Waals surface area contributed by atoms with Crippen LogP contribution < -0.4 is 0 Å². The fraction of sp³-hybridized carbons (Fsp3) is 0.738. The third kappa shape index (κ3) is 60.2. The number of aliphatic hydroxyl groups is 2. The Balaban J connectivity index is 4.53. The molecule has 0 spiro atoms. The van der Waals surface area contributed by atoms with Crippen molar-refractivity contribution in [1.82, 2.24) is 0 Å². The second-order valence-electron chi connectivity index (χ2n) is 21.2. The van der Waals surface area contributed by atoms with E-state index in [4.69, 9.17) is 32.3 Å². The summed E-state index contributed by atoms with van der Waals surface area (Å²) in [6.45, 7) is 2.44. The third-order valence-electron chi connectivity index (χ3n) is 13.1. The van der Waals surface area contributed by atoms with Crippen molar-refractivity contribution in [3.8, 4) is 0 Å². The first-order valence-corrected chi connectivity index (χ1v) is 34.9. The first-order chi connectivity index (χ1) is 40.2. The summed E-state index contributed by atoms with van der Waals surface area (Å²) in [4.78, 5) is 58.1. The number of unbranched alkanes of at least 4 members (excludes halogenated alkanes) is 23. The van der Waals surface area contributed by atoms with Gasteiger partial charge in [-0.2, -0.15) is 0 Å². The Labute approximate surface area is 502 Å². The van der Waals surface area contributed by atoms with Gasteiger partial charge in [-0.25, -0.2) is 9.13 Å². The van der Waals surface area contributed by atoms with Crippen LogP contribution in [0, 0.1) is 0 Å². The highest BCUT2D eigenvalue weighted by Crippen LogP contribution is 2.45. The molecule has 83 heavy (non-hydrogen) atoms. The van der Waals surface area contributed by atoms with Crippen LogP contribution in [0.15, 0.2) is 85.1 Å². The molecular formula is C65H114O16P2. The number of allylic oxidation sites excluding steroid dienone is 14. The Hall–Kier alpha value is -3.27. The molecule has 0 saturated heterocycles. The molecule has 0 aliphatic heterocycles. The van der Waals surface area contributed by atoms with Crippen LogP contribution in [-0.4, -0.2) is 95.9 Å². The molecule has 5 unspecified atom stereocenters. The SMILES string of the molecule is CC/C=C\C/C=C\C/C=C\C/C=C\C/C=C\CCCCCCCCCC(=O)OCC(O)COP(=O)(O)OCC(O)COP(=O)(O)OCC(COC(=O)CCCCCCC/C=C\C/C=C\CCC)OC(=O)CCCCCCCCCCCCC. The first kappa shape index (κ1) is 79.7. The maximum Gasteiger partial charge on any atom is 0.472 e. The van der Waals surface area contributed by atoms with E-state index >= 15 is 0 Å². The molecule has 0 radical (unpaired) electrons. The lowest BCUT2D eigenvalue weighted by molar-refractivity contribution is -0.161. The summed E-state index contributed by atoms with van der Waals surface area (Å²) in [7, 11) is -9.76. The Bertz CT molecular complexity index is 1860. The van der Waals surface area contributed by atoms with Crippen molar-refractivity contribution in [2.45, 2.75) is 270 Å². The molecule has 16 nitrogen and oxygen atoms in total. The van der Waals surface area contributed by atoms with Crippen LogP contribution in [0.4, 0.5) is 0 Å². The van der Waals surface area contributed by atoms with Gasteiger partial charge in [-0.3, -0.25) is 32.5 Å². The van der Waals surface area contributed by atoms with E-state index in [0.717, 1.165) is 154 Å². The Morgan fingerprint density at radius 1 is 0.349 bits per heavy atom. The highest BCUT2D eigenvalue weighted by molar-refractivity contribution is 7.47. The molecule has 4 N–H and O–H groups in total. The molecule has 0 heterocycles. The molecule has 480 valence electrons. The summed E-state index contributed by atoms with van der Waals surface area (Å²) in [5.41, 5.74) is 0.